The van der Waals surface area contributed by atoms with Crippen LogP contribution in [-0.2, 0) is 13.0 Å². The molecule has 0 saturated carbocycles. The Kier molecular flexibility index (Phi) is 6.78. The Morgan fingerprint density at radius 1 is 1.00 bits per heavy atom. The number of aromatic nitrogens is 1. The Morgan fingerprint density at radius 2 is 1.78 bits per heavy atom. The zero-order chi connectivity index (χ0) is 25.1. The number of β-amino-alcohol motifs (C(OH)–C–C–N with tert-alkyl or cyclic N) is 1. The third-order valence-corrected chi connectivity index (χ3v) is 6.72. The van der Waals surface area contributed by atoms with Gasteiger partial charge in [0.1, 0.15) is 0 Å². The predicted molar refractivity (Wildman–Crippen MR) is 143 cm³/mol. The van der Waals surface area contributed by atoms with E-state index in [0.717, 1.165) is 29.4 Å². The first kappa shape index (κ1) is 23.7. The van der Waals surface area contributed by atoms with Crippen LogP contribution in [0.4, 0.5) is 5.69 Å². The van der Waals surface area contributed by atoms with Gasteiger partial charge in [-0.1, -0.05) is 36.4 Å². The van der Waals surface area contributed by atoms with Crippen molar-refractivity contribution in [3.05, 3.63) is 95.7 Å². The third-order valence-electron chi connectivity index (χ3n) is 6.72. The molecule has 6 heteroatoms. The first-order valence-corrected chi connectivity index (χ1v) is 12.1. The summed E-state index contributed by atoms with van der Waals surface area (Å²) in [5.74, 6) is 0.973. The van der Waals surface area contributed by atoms with Crippen molar-refractivity contribution in [2.24, 2.45) is 0 Å². The molecule has 2 heterocycles. The van der Waals surface area contributed by atoms with Gasteiger partial charge in [0.15, 0.2) is 17.3 Å². The van der Waals surface area contributed by atoms with Crippen molar-refractivity contribution in [3.8, 4) is 11.5 Å². The Hall–Kier alpha value is -4.03. The minimum Gasteiger partial charge on any atom is -0.493 e. The standard InChI is InChI=1S/C30H30N2O4/c1-35-29-14-12-22(17-30(29)36-2)28(34)13-11-23-18-32(27-10-6-4-8-25(23)27)20-24(33)19-31-16-15-21-7-3-5-9-26(21)31/h3-14,17-18,24,33H,15-16,19-20H2,1-2H3/b13-11+. The van der Waals surface area contributed by atoms with Crippen LogP contribution in [0, 0.1) is 0 Å². The average Bonchev–Trinajstić information content (AvgIpc) is 3.48. The molecule has 0 bridgehead atoms. The summed E-state index contributed by atoms with van der Waals surface area (Å²) in [5.41, 5.74) is 5.03. The number of nitrogens with zero attached hydrogens (tertiary/aromatic N) is 2. The highest BCUT2D eigenvalue weighted by atomic mass is 16.5. The molecule has 1 N–H and O–H groups in total. The average molecular weight is 483 g/mol. The van der Waals surface area contributed by atoms with Crippen LogP contribution in [0.1, 0.15) is 21.5 Å². The van der Waals surface area contributed by atoms with Crippen LogP contribution in [0.5, 0.6) is 11.5 Å². The minimum absolute atomic E-state index is 0.125. The van der Waals surface area contributed by atoms with E-state index in [1.807, 2.05) is 42.6 Å². The number of ether oxygens (including phenoxy) is 2. The summed E-state index contributed by atoms with van der Waals surface area (Å²) in [6, 6.07) is 21.6. The van der Waals surface area contributed by atoms with Gasteiger partial charge in [-0.3, -0.25) is 4.79 Å². The second-order valence-corrected chi connectivity index (χ2v) is 9.00. The molecule has 1 aromatic heterocycles. The van der Waals surface area contributed by atoms with Crippen LogP contribution >= 0.6 is 0 Å². The fourth-order valence-electron chi connectivity index (χ4n) is 4.95. The highest BCUT2D eigenvalue weighted by Crippen LogP contribution is 2.29. The Balaban J connectivity index is 1.34. The van der Waals surface area contributed by atoms with Gasteiger partial charge in [0.25, 0.3) is 0 Å². The lowest BCUT2D eigenvalue weighted by atomic mass is 10.1. The molecule has 3 aromatic carbocycles. The topological polar surface area (TPSA) is 63.9 Å². The number of rotatable bonds is 9. The fourth-order valence-corrected chi connectivity index (χ4v) is 4.95. The second-order valence-electron chi connectivity index (χ2n) is 9.00. The molecular formula is C30H30N2O4. The molecule has 0 aliphatic carbocycles. The van der Waals surface area contributed by atoms with Gasteiger partial charge in [-0.25, -0.2) is 0 Å². The SMILES string of the molecule is COc1ccc(C(=O)/C=C/c2cn(CC(O)CN3CCc4ccccc43)c3ccccc23)cc1OC. The van der Waals surface area contributed by atoms with Crippen molar-refractivity contribution >= 4 is 28.4 Å². The van der Waals surface area contributed by atoms with E-state index in [1.54, 1.807) is 38.5 Å². The molecule has 184 valence electrons. The maximum Gasteiger partial charge on any atom is 0.185 e. The van der Waals surface area contributed by atoms with Crippen LogP contribution in [-0.4, -0.2) is 48.9 Å². The van der Waals surface area contributed by atoms with Gasteiger partial charge in [0, 0.05) is 47.0 Å². The smallest absolute Gasteiger partial charge is 0.185 e. The van der Waals surface area contributed by atoms with Crippen molar-refractivity contribution in [2.45, 2.75) is 19.1 Å². The number of allylic oxidation sites excluding steroid dienone is 1. The number of para-hydroxylation sites is 2. The number of fused-ring (bicyclic) bond motifs is 2. The van der Waals surface area contributed by atoms with Gasteiger partial charge in [0.05, 0.1) is 26.9 Å². The molecule has 1 unspecified atom stereocenters. The number of hydrogen-bond donors (Lipinski definition) is 1. The van der Waals surface area contributed by atoms with Crippen molar-refractivity contribution in [3.63, 3.8) is 0 Å². The number of methoxy groups -OCH3 is 2. The van der Waals surface area contributed by atoms with E-state index in [0.29, 0.717) is 30.2 Å². The largest absolute Gasteiger partial charge is 0.493 e. The van der Waals surface area contributed by atoms with E-state index < -0.39 is 6.10 Å². The molecule has 6 nitrogen and oxygen atoms in total. The predicted octanol–water partition coefficient (Wildman–Crippen LogP) is 4.98. The van der Waals surface area contributed by atoms with E-state index >= 15 is 0 Å². The molecule has 1 aliphatic rings. The van der Waals surface area contributed by atoms with Gasteiger partial charge in [-0.05, 0) is 54.5 Å². The first-order valence-electron chi connectivity index (χ1n) is 12.1. The number of anilines is 1. The van der Waals surface area contributed by atoms with E-state index in [2.05, 4.69) is 27.7 Å². The van der Waals surface area contributed by atoms with Crippen molar-refractivity contribution in [1.29, 1.82) is 0 Å². The van der Waals surface area contributed by atoms with E-state index in [-0.39, 0.29) is 5.78 Å². The van der Waals surface area contributed by atoms with Crippen LogP contribution in [0.25, 0.3) is 17.0 Å². The van der Waals surface area contributed by atoms with E-state index in [9.17, 15) is 9.90 Å². The molecule has 0 spiro atoms. The Bertz CT molecular complexity index is 1420. The zero-order valence-corrected chi connectivity index (χ0v) is 20.6. The van der Waals surface area contributed by atoms with Crippen molar-refractivity contribution in [2.75, 3.05) is 32.2 Å². The molecular weight excluding hydrogens is 452 g/mol. The lowest BCUT2D eigenvalue weighted by molar-refractivity contribution is 0.104. The van der Waals surface area contributed by atoms with E-state index in [4.69, 9.17) is 9.47 Å². The van der Waals surface area contributed by atoms with Crippen LogP contribution in [0.2, 0.25) is 0 Å². The maximum absolute atomic E-state index is 12.9. The van der Waals surface area contributed by atoms with Crippen LogP contribution in [0.3, 0.4) is 0 Å². The summed E-state index contributed by atoms with van der Waals surface area (Å²) in [7, 11) is 3.11. The molecule has 1 aliphatic heterocycles. The van der Waals surface area contributed by atoms with Gasteiger partial charge in [0.2, 0.25) is 0 Å². The second kappa shape index (κ2) is 10.3. The summed E-state index contributed by atoms with van der Waals surface area (Å²) in [6.07, 6.45) is 5.89. The van der Waals surface area contributed by atoms with E-state index in [1.165, 1.54) is 11.3 Å². The van der Waals surface area contributed by atoms with Gasteiger partial charge in [-0.15, -0.1) is 0 Å². The van der Waals surface area contributed by atoms with Crippen molar-refractivity contribution < 1.29 is 19.4 Å². The summed E-state index contributed by atoms with van der Waals surface area (Å²) < 4.78 is 12.7. The number of benzene rings is 3. The normalized spacial score (nSPS) is 13.8. The highest BCUT2D eigenvalue weighted by molar-refractivity contribution is 6.08. The number of carbonyl (C=O) groups excluding carboxylic acids is 1. The number of aliphatic hydroxyl groups excluding tert-OH is 1. The van der Waals surface area contributed by atoms with Crippen molar-refractivity contribution in [1.82, 2.24) is 4.57 Å². The monoisotopic (exact) mass is 482 g/mol. The first-order chi connectivity index (χ1) is 17.6. The summed E-state index contributed by atoms with van der Waals surface area (Å²) >= 11 is 0. The molecule has 0 amide bonds. The quantitative estimate of drug-likeness (QED) is 0.269. The molecule has 0 radical (unpaired) electrons. The number of ketones is 1. The number of aliphatic hydroxyl groups is 1. The number of hydrogen-bond acceptors (Lipinski definition) is 5. The Morgan fingerprint density at radius 3 is 2.61 bits per heavy atom. The maximum atomic E-state index is 12.9. The summed E-state index contributed by atoms with van der Waals surface area (Å²) in [6.45, 7) is 1.97. The lowest BCUT2D eigenvalue weighted by Crippen LogP contribution is -2.33. The Labute approximate surface area is 211 Å². The molecule has 0 saturated heterocycles. The lowest BCUT2D eigenvalue weighted by Gasteiger charge is -2.23. The number of carbonyl (C=O) groups is 1. The van der Waals surface area contributed by atoms with Gasteiger partial charge in [-0.2, -0.15) is 0 Å². The molecule has 36 heavy (non-hydrogen) atoms. The highest BCUT2D eigenvalue weighted by Gasteiger charge is 2.21. The molecule has 1 atom stereocenters. The summed E-state index contributed by atoms with van der Waals surface area (Å²) in [4.78, 5) is 15.1. The van der Waals surface area contributed by atoms with Crippen LogP contribution in [0.15, 0.2) is 79.0 Å². The minimum atomic E-state index is -0.530. The fraction of sp³-hybridized carbons (Fsp3) is 0.233. The summed E-state index contributed by atoms with van der Waals surface area (Å²) in [5, 5.41) is 12.0. The molecule has 5 rings (SSSR count). The molecule has 4 aromatic rings. The third kappa shape index (κ3) is 4.72. The zero-order valence-electron chi connectivity index (χ0n) is 20.6. The molecule has 0 fully saturated rings. The van der Waals surface area contributed by atoms with Crippen LogP contribution < -0.4 is 14.4 Å². The van der Waals surface area contributed by atoms with Gasteiger partial charge < -0.3 is 24.0 Å². The van der Waals surface area contributed by atoms with Gasteiger partial charge >= 0.3 is 0 Å².